The number of hydrogen-bond acceptors (Lipinski definition) is 1. The topological polar surface area (TPSA) is 35.0 Å². The van der Waals surface area contributed by atoms with Crippen LogP contribution in [0, 0.1) is 0 Å². The van der Waals surface area contributed by atoms with Crippen LogP contribution in [0.2, 0.25) is 0 Å². The second kappa shape index (κ2) is 43.0. The van der Waals surface area contributed by atoms with Crippen molar-refractivity contribution in [1.29, 1.82) is 0 Å². The molecule has 5 heavy (non-hydrogen) atoms. The Labute approximate surface area is 67.8 Å². The zero-order chi connectivity index (χ0) is 0. The van der Waals surface area contributed by atoms with Gasteiger partial charge in [0.15, 0.2) is 0 Å². The molecule has 0 unspecified atom stereocenters. The first-order valence-electron chi connectivity index (χ1n) is 0. The Morgan fingerprint density at radius 3 is 1.00 bits per heavy atom. The molecule has 0 fully saturated rings. The van der Waals surface area contributed by atoms with Crippen LogP contribution < -0.4 is 6.15 Å². The van der Waals surface area contributed by atoms with Crippen molar-refractivity contribution in [2.45, 2.75) is 0 Å². The molecule has 0 rings (SSSR count). The van der Waals surface area contributed by atoms with Gasteiger partial charge in [-0.05, 0) is 0 Å². The Hall–Kier alpha value is 1.72. The molecule has 0 aliphatic carbocycles. The Kier molecular flexibility index (Phi) is 638. The van der Waals surface area contributed by atoms with Crippen molar-refractivity contribution < 1.29 is 50.9 Å². The van der Waals surface area contributed by atoms with Crippen molar-refractivity contribution in [3.05, 3.63) is 0 Å². The van der Waals surface area contributed by atoms with Gasteiger partial charge in [-0.2, -0.15) is 0 Å². The monoisotopic (exact) mass is 210 g/mol. The van der Waals surface area contributed by atoms with E-state index < -0.39 is 0 Å². The van der Waals surface area contributed by atoms with Crippen molar-refractivity contribution in [1.82, 2.24) is 6.15 Å². The van der Waals surface area contributed by atoms with Gasteiger partial charge in [-0.15, -0.1) is 0 Å². The second-order valence-corrected chi connectivity index (χ2v) is 0. The smallest absolute Gasteiger partial charge is 0 e. The molecule has 0 saturated carbocycles. The minimum absolute atomic E-state index is 0. The van der Waals surface area contributed by atoms with E-state index in [1.165, 1.54) is 0 Å². The standard InChI is InChI=1S/Cr.Mn.H3N.Ni.Si/h;;1H3;;. The summed E-state index contributed by atoms with van der Waals surface area (Å²) in [6.07, 6.45) is 0. The number of rotatable bonds is 0. The van der Waals surface area contributed by atoms with Crippen molar-refractivity contribution in [2.75, 3.05) is 0 Å². The summed E-state index contributed by atoms with van der Waals surface area (Å²) in [5.74, 6) is 0. The summed E-state index contributed by atoms with van der Waals surface area (Å²) in [7, 11) is 0. The van der Waals surface area contributed by atoms with Crippen LogP contribution in [0.1, 0.15) is 0 Å². The molecular formula is H3CrMnNNiSi. The molecule has 0 bridgehead atoms. The van der Waals surface area contributed by atoms with E-state index in [0.717, 1.165) is 0 Å². The summed E-state index contributed by atoms with van der Waals surface area (Å²) in [4.78, 5) is 0. The average Bonchev–Trinajstić information content (AvgIpc) is 0. The average molecular weight is 211 g/mol. The third kappa shape index (κ3) is 26.7. The van der Waals surface area contributed by atoms with Gasteiger partial charge in [0.1, 0.15) is 0 Å². The second-order valence-electron chi connectivity index (χ2n) is 0. The van der Waals surface area contributed by atoms with Crippen LogP contribution in [-0.4, -0.2) is 11.0 Å². The third-order valence-corrected chi connectivity index (χ3v) is 0. The van der Waals surface area contributed by atoms with E-state index in [9.17, 15) is 0 Å². The maximum atomic E-state index is 0. The Balaban J connectivity index is 0. The van der Waals surface area contributed by atoms with E-state index in [0.29, 0.717) is 0 Å². The van der Waals surface area contributed by atoms with Crippen molar-refractivity contribution in [3.63, 3.8) is 0 Å². The van der Waals surface area contributed by atoms with Crippen molar-refractivity contribution >= 4 is 11.0 Å². The molecule has 0 aliphatic heterocycles. The summed E-state index contributed by atoms with van der Waals surface area (Å²) in [6.45, 7) is 0. The fourth-order valence-corrected chi connectivity index (χ4v) is 0. The first-order chi connectivity index (χ1) is 0. The van der Waals surface area contributed by atoms with E-state index in [-0.39, 0.29) is 68.0 Å². The first-order valence-corrected chi connectivity index (χ1v) is 0. The summed E-state index contributed by atoms with van der Waals surface area (Å²) < 4.78 is 0. The van der Waals surface area contributed by atoms with Crippen LogP contribution >= 0.6 is 0 Å². The normalized spacial score (nSPS) is 0. The first kappa shape index (κ1) is 74.2. The van der Waals surface area contributed by atoms with E-state index in [1.807, 2.05) is 0 Å². The molecular weight excluding hydrogens is 208 g/mol. The summed E-state index contributed by atoms with van der Waals surface area (Å²) in [6, 6.07) is 0. The van der Waals surface area contributed by atoms with Crippen LogP contribution in [0.5, 0.6) is 0 Å². The number of hydrogen-bond donors (Lipinski definition) is 1. The van der Waals surface area contributed by atoms with Crippen molar-refractivity contribution in [2.24, 2.45) is 0 Å². The van der Waals surface area contributed by atoms with Gasteiger partial charge in [-0.1, -0.05) is 0 Å². The van der Waals surface area contributed by atoms with Gasteiger partial charge in [-0.25, -0.2) is 0 Å². The zero-order valence-electron chi connectivity index (χ0n) is 2.31. The Morgan fingerprint density at radius 1 is 1.00 bits per heavy atom. The zero-order valence-corrected chi connectivity index (χ0v) is 6.75. The molecule has 0 aromatic rings. The van der Waals surface area contributed by atoms with Crippen LogP contribution in [0.25, 0.3) is 0 Å². The van der Waals surface area contributed by atoms with E-state index in [2.05, 4.69) is 0 Å². The minimum atomic E-state index is 0. The third-order valence-electron chi connectivity index (χ3n) is 0. The van der Waals surface area contributed by atoms with E-state index in [1.54, 1.807) is 0 Å². The molecule has 1 nitrogen and oxygen atoms in total. The maximum absolute atomic E-state index is 0. The van der Waals surface area contributed by atoms with Gasteiger partial charge >= 0.3 is 0 Å². The fourth-order valence-electron chi connectivity index (χ4n) is 0. The van der Waals surface area contributed by atoms with Crippen LogP contribution in [0.15, 0.2) is 0 Å². The molecule has 0 heterocycles. The van der Waals surface area contributed by atoms with E-state index in [4.69, 9.17) is 0 Å². The molecule has 5 heteroatoms. The summed E-state index contributed by atoms with van der Waals surface area (Å²) in [5.41, 5.74) is 0. The van der Waals surface area contributed by atoms with E-state index >= 15 is 0 Å². The molecule has 0 aliphatic rings. The van der Waals surface area contributed by atoms with Gasteiger partial charge in [0.2, 0.25) is 0 Å². The molecule has 5 radical (unpaired) electrons. The molecule has 35 valence electrons. The summed E-state index contributed by atoms with van der Waals surface area (Å²) in [5, 5.41) is 0. The molecule has 3 N–H and O–H groups in total. The molecule has 0 saturated heterocycles. The van der Waals surface area contributed by atoms with Gasteiger partial charge in [0.25, 0.3) is 0 Å². The largest absolute Gasteiger partial charge is 0.344 e. The molecule has 0 amide bonds. The Bertz CT molecular complexity index is 11.6. The predicted octanol–water partition coefficient (Wildman–Crippen LogP) is -0.226. The van der Waals surface area contributed by atoms with Gasteiger partial charge in [0.05, 0.1) is 0 Å². The van der Waals surface area contributed by atoms with Crippen molar-refractivity contribution in [3.8, 4) is 0 Å². The molecule has 0 aromatic carbocycles. The SMILES string of the molecule is N.[Cr].[Mn].[Ni].[Si]. The molecule has 0 spiro atoms. The summed E-state index contributed by atoms with van der Waals surface area (Å²) >= 11 is 0. The van der Waals surface area contributed by atoms with Crippen LogP contribution in [0.4, 0.5) is 0 Å². The molecule has 0 atom stereocenters. The fraction of sp³-hybridized carbons (Fsp3) is 0. The van der Waals surface area contributed by atoms with Crippen LogP contribution in [0.3, 0.4) is 0 Å². The van der Waals surface area contributed by atoms with Gasteiger partial charge < -0.3 is 6.15 Å². The predicted molar refractivity (Wildman–Crippen MR) is 10.8 cm³/mol. The molecule has 0 aromatic heterocycles. The van der Waals surface area contributed by atoms with Crippen LogP contribution in [-0.2, 0) is 50.9 Å². The maximum Gasteiger partial charge on any atom is 0 e. The van der Waals surface area contributed by atoms with Gasteiger partial charge in [0, 0.05) is 61.9 Å². The minimum Gasteiger partial charge on any atom is -0.344 e. The Morgan fingerprint density at radius 2 is 1.00 bits per heavy atom. The van der Waals surface area contributed by atoms with Gasteiger partial charge in [-0.3, -0.25) is 0 Å². The quantitative estimate of drug-likeness (QED) is 0.551.